The molecule has 0 N–H and O–H groups in total. The van der Waals surface area contributed by atoms with E-state index in [2.05, 4.69) is 334 Å². The molecule has 404 valence electrons. The van der Waals surface area contributed by atoms with Crippen molar-refractivity contribution in [2.75, 3.05) is 4.90 Å². The van der Waals surface area contributed by atoms with Crippen LogP contribution in [-0.2, 0) is 11.8 Å². The molecule has 14 aromatic carbocycles. The summed E-state index contributed by atoms with van der Waals surface area (Å²) in [5.74, 6) is 1.08. The van der Waals surface area contributed by atoms with Crippen molar-refractivity contribution in [1.82, 2.24) is 9.55 Å². The normalized spacial score (nSPS) is 12.3. The Morgan fingerprint density at radius 2 is 0.788 bits per heavy atom. The van der Waals surface area contributed by atoms with E-state index in [0.29, 0.717) is 0 Å². The number of nitrogens with zero attached hydrogens (tertiary/aromatic N) is 3. The molecule has 0 atom stereocenters. The molecular weight excluding hydrogens is 1030 g/mol. The lowest BCUT2D eigenvalue weighted by molar-refractivity contribution is 0.660. The van der Waals surface area contributed by atoms with Crippen molar-refractivity contribution in [1.29, 1.82) is 0 Å². The van der Waals surface area contributed by atoms with E-state index in [1.807, 2.05) is 0 Å². The summed E-state index contributed by atoms with van der Waals surface area (Å²) in [5, 5.41) is 10.1. The molecule has 1 aliphatic carbocycles. The molecule has 15 aromatic rings. The van der Waals surface area contributed by atoms with Crippen molar-refractivity contribution >= 4 is 71.2 Å². The summed E-state index contributed by atoms with van der Waals surface area (Å²) >= 11 is 0. The van der Waals surface area contributed by atoms with Crippen molar-refractivity contribution in [3.8, 4) is 61.3 Å². The first-order valence-electron chi connectivity index (χ1n) is 29.7. The van der Waals surface area contributed by atoms with Gasteiger partial charge in [-0.25, -0.2) is 4.98 Å². The second-order valence-electron chi connectivity index (χ2n) is 22.9. The van der Waals surface area contributed by atoms with Gasteiger partial charge < -0.3 is 4.90 Å². The summed E-state index contributed by atoms with van der Waals surface area (Å²) in [6.45, 7) is 6.87. The Morgan fingerprint density at radius 3 is 1.42 bits per heavy atom. The summed E-state index contributed by atoms with van der Waals surface area (Å²) in [7, 11) is 0. The standard InChI is InChI=1S/C41H30N2.C41H31N/c1-2-39-42-37-18-10-11-19-38(37)43(39)32-26-24-31(25-27-32)41-35-16-8-6-14-33(35)40(34-15-7-9-17-36(34)41)30-22-20-29(21-23-30)28-12-4-3-5-13-28;1-41(2)39-15-9-8-14-37(39)38-25-23-34(27-40(38)41)42(32-20-18-29(19-21-32)28-10-4-3-5-11-28)33-22-24-36-31(26-33)17-16-30-12-6-7-13-35(30)36/h3-27H,2H2,1H3;3-27H,1-2H3. The minimum atomic E-state index is -0.0624. The lowest BCUT2D eigenvalue weighted by Crippen LogP contribution is -2.16. The summed E-state index contributed by atoms with van der Waals surface area (Å²) in [6.07, 6.45) is 0.875. The van der Waals surface area contributed by atoms with Gasteiger partial charge in [-0.3, -0.25) is 4.57 Å². The average molecular weight is 1090 g/mol. The SMILES string of the molecule is CC1(C)c2ccccc2-c2ccc(N(c3ccc(-c4ccccc4)cc3)c3ccc4c(ccc5ccccc54)c3)cc21.CCc1nc2ccccc2n1-c1ccc(-c2c3ccccc3c(-c3ccc(-c4ccccc4)cc3)c3ccccc23)cc1. The Morgan fingerprint density at radius 1 is 0.341 bits per heavy atom. The number of benzene rings is 14. The van der Waals surface area contributed by atoms with Crippen molar-refractivity contribution in [3.63, 3.8) is 0 Å². The van der Waals surface area contributed by atoms with Gasteiger partial charge in [-0.2, -0.15) is 0 Å². The van der Waals surface area contributed by atoms with E-state index >= 15 is 0 Å². The maximum absolute atomic E-state index is 4.89. The van der Waals surface area contributed by atoms with Crippen LogP contribution >= 0.6 is 0 Å². The number of imidazole rings is 1. The van der Waals surface area contributed by atoms with Crippen LogP contribution in [0.15, 0.2) is 303 Å². The zero-order valence-corrected chi connectivity index (χ0v) is 47.9. The molecule has 0 bridgehead atoms. The lowest BCUT2D eigenvalue weighted by atomic mass is 9.82. The quantitative estimate of drug-likeness (QED) is 0.106. The maximum atomic E-state index is 4.89. The number of hydrogen-bond donors (Lipinski definition) is 0. The van der Waals surface area contributed by atoms with E-state index in [4.69, 9.17) is 4.98 Å². The Bertz CT molecular complexity index is 4920. The highest BCUT2D eigenvalue weighted by Crippen LogP contribution is 2.51. The smallest absolute Gasteiger partial charge is 0.114 e. The second kappa shape index (κ2) is 21.3. The van der Waals surface area contributed by atoms with Gasteiger partial charge in [-0.1, -0.05) is 263 Å². The van der Waals surface area contributed by atoms with Gasteiger partial charge in [0.1, 0.15) is 5.82 Å². The van der Waals surface area contributed by atoms with Crippen LogP contribution in [0.5, 0.6) is 0 Å². The predicted octanol–water partition coefficient (Wildman–Crippen LogP) is 22.3. The van der Waals surface area contributed by atoms with Gasteiger partial charge in [0.2, 0.25) is 0 Å². The number of hydrogen-bond acceptors (Lipinski definition) is 2. The van der Waals surface area contributed by atoms with Crippen LogP contribution in [0.1, 0.15) is 37.7 Å². The van der Waals surface area contributed by atoms with E-state index in [1.54, 1.807) is 0 Å². The van der Waals surface area contributed by atoms with Crippen LogP contribution in [-0.4, -0.2) is 9.55 Å². The minimum Gasteiger partial charge on any atom is -0.310 e. The summed E-state index contributed by atoms with van der Waals surface area (Å²) in [4.78, 5) is 7.30. The second-order valence-corrected chi connectivity index (χ2v) is 22.9. The molecular formula is C82H61N3. The van der Waals surface area contributed by atoms with E-state index in [9.17, 15) is 0 Å². The third-order valence-corrected chi connectivity index (χ3v) is 17.6. The molecule has 0 amide bonds. The zero-order chi connectivity index (χ0) is 57.0. The molecule has 0 saturated carbocycles. The Hall–Kier alpha value is -10.6. The molecule has 1 aliphatic rings. The first-order chi connectivity index (χ1) is 41.9. The van der Waals surface area contributed by atoms with E-state index in [0.717, 1.165) is 40.3 Å². The molecule has 3 heteroatoms. The largest absolute Gasteiger partial charge is 0.310 e. The monoisotopic (exact) mass is 1090 g/mol. The minimum absolute atomic E-state index is 0.0624. The van der Waals surface area contributed by atoms with Crippen molar-refractivity contribution in [2.45, 2.75) is 32.6 Å². The molecule has 3 nitrogen and oxygen atoms in total. The molecule has 0 aliphatic heterocycles. The Labute approximate surface area is 497 Å². The molecule has 16 rings (SSSR count). The molecule has 85 heavy (non-hydrogen) atoms. The first-order valence-corrected chi connectivity index (χ1v) is 29.7. The third-order valence-electron chi connectivity index (χ3n) is 17.6. The van der Waals surface area contributed by atoms with Crippen molar-refractivity contribution in [2.24, 2.45) is 0 Å². The molecule has 1 heterocycles. The summed E-state index contributed by atoms with van der Waals surface area (Å²) in [5.41, 5.74) is 22.1. The number of aryl methyl sites for hydroxylation is 1. The van der Waals surface area contributed by atoms with Crippen LogP contribution in [0.4, 0.5) is 17.1 Å². The van der Waals surface area contributed by atoms with Crippen LogP contribution < -0.4 is 4.90 Å². The van der Waals surface area contributed by atoms with Gasteiger partial charge in [0, 0.05) is 34.6 Å². The highest BCUT2D eigenvalue weighted by molar-refractivity contribution is 6.21. The van der Waals surface area contributed by atoms with Gasteiger partial charge in [-0.15, -0.1) is 0 Å². The average Bonchev–Trinajstić information content (AvgIpc) is 2.96. The van der Waals surface area contributed by atoms with Gasteiger partial charge in [-0.05, 0) is 171 Å². The molecule has 0 unspecified atom stereocenters. The van der Waals surface area contributed by atoms with Crippen LogP contribution in [0.2, 0.25) is 0 Å². The maximum Gasteiger partial charge on any atom is 0.114 e. The summed E-state index contributed by atoms with van der Waals surface area (Å²) < 4.78 is 2.29. The van der Waals surface area contributed by atoms with Gasteiger partial charge in [0.05, 0.1) is 11.0 Å². The fraction of sp³-hybridized carbons (Fsp3) is 0.0610. The molecule has 0 saturated heterocycles. The first kappa shape index (κ1) is 51.3. The van der Waals surface area contributed by atoms with E-state index < -0.39 is 0 Å². The van der Waals surface area contributed by atoms with Gasteiger partial charge in [0.25, 0.3) is 0 Å². The fourth-order valence-corrected chi connectivity index (χ4v) is 13.4. The highest BCUT2D eigenvalue weighted by atomic mass is 15.1. The van der Waals surface area contributed by atoms with Crippen molar-refractivity contribution in [3.05, 3.63) is 320 Å². The number of aromatic nitrogens is 2. The number of para-hydroxylation sites is 2. The Balaban J connectivity index is 0.000000144. The molecule has 0 spiro atoms. The predicted molar refractivity (Wildman–Crippen MR) is 361 cm³/mol. The number of rotatable bonds is 9. The van der Waals surface area contributed by atoms with Gasteiger partial charge in [0.15, 0.2) is 0 Å². The molecule has 0 fully saturated rings. The topological polar surface area (TPSA) is 21.1 Å². The van der Waals surface area contributed by atoms with Crippen LogP contribution in [0.3, 0.4) is 0 Å². The number of fused-ring (bicyclic) bond motifs is 9. The molecule has 0 radical (unpaired) electrons. The zero-order valence-electron chi connectivity index (χ0n) is 47.9. The van der Waals surface area contributed by atoms with Crippen molar-refractivity contribution < 1.29 is 0 Å². The number of anilines is 3. The third kappa shape index (κ3) is 9.04. The summed E-state index contributed by atoms with van der Waals surface area (Å²) in [6, 6.07) is 110. The molecule has 1 aromatic heterocycles. The Kier molecular flexibility index (Phi) is 12.8. The van der Waals surface area contributed by atoms with Crippen LogP contribution in [0, 0.1) is 0 Å². The fourth-order valence-electron chi connectivity index (χ4n) is 13.4. The van der Waals surface area contributed by atoms with E-state index in [1.165, 1.54) is 116 Å². The lowest BCUT2D eigenvalue weighted by Gasteiger charge is -2.28. The highest BCUT2D eigenvalue weighted by Gasteiger charge is 2.36. The van der Waals surface area contributed by atoms with Crippen LogP contribution in [0.25, 0.3) is 115 Å². The van der Waals surface area contributed by atoms with Gasteiger partial charge >= 0.3 is 0 Å². The van der Waals surface area contributed by atoms with E-state index in [-0.39, 0.29) is 5.41 Å².